The molecule has 2 nitrogen and oxygen atoms in total. The number of amides is 1. The molecule has 1 atom stereocenters. The molecular formula is C13H21NO. The van der Waals surface area contributed by atoms with Crippen LogP contribution in [0.3, 0.4) is 0 Å². The summed E-state index contributed by atoms with van der Waals surface area (Å²) in [4.78, 5) is 11.2. The Labute approximate surface area is 92.8 Å². The summed E-state index contributed by atoms with van der Waals surface area (Å²) in [5, 5.41) is 2.81. The van der Waals surface area contributed by atoms with Crippen LogP contribution in [-0.4, -0.2) is 12.5 Å². The average molecular weight is 207 g/mol. The highest BCUT2D eigenvalue weighted by Gasteiger charge is 2.23. The molecule has 2 heteroatoms. The summed E-state index contributed by atoms with van der Waals surface area (Å²) in [6.45, 7) is 12.1. The van der Waals surface area contributed by atoms with Gasteiger partial charge in [-0.05, 0) is 18.4 Å². The Bertz CT molecular complexity index is 253. The van der Waals surface area contributed by atoms with Crippen molar-refractivity contribution in [1.82, 2.24) is 5.32 Å². The molecule has 1 fully saturated rings. The van der Waals surface area contributed by atoms with Gasteiger partial charge in [-0.1, -0.05) is 45.2 Å². The van der Waals surface area contributed by atoms with Crippen molar-refractivity contribution >= 4 is 5.91 Å². The van der Waals surface area contributed by atoms with E-state index in [0.29, 0.717) is 0 Å². The van der Waals surface area contributed by atoms with Crippen LogP contribution in [0.1, 0.15) is 26.7 Å². The zero-order valence-corrected chi connectivity index (χ0v) is 9.75. The van der Waals surface area contributed by atoms with Gasteiger partial charge in [0, 0.05) is 12.5 Å². The number of allylic oxidation sites excluding steroid dienone is 4. The van der Waals surface area contributed by atoms with E-state index >= 15 is 0 Å². The molecular weight excluding hydrogens is 186 g/mol. The van der Waals surface area contributed by atoms with Crippen molar-refractivity contribution < 1.29 is 4.79 Å². The lowest BCUT2D eigenvalue weighted by atomic mass is 9.98. The zero-order valence-electron chi connectivity index (χ0n) is 9.75. The second kappa shape index (κ2) is 8.04. The summed E-state index contributed by atoms with van der Waals surface area (Å²) >= 11 is 0. The molecule has 0 aromatic carbocycles. The van der Waals surface area contributed by atoms with Gasteiger partial charge in [0.15, 0.2) is 0 Å². The van der Waals surface area contributed by atoms with Crippen LogP contribution in [0.25, 0.3) is 0 Å². The fourth-order valence-corrected chi connectivity index (χ4v) is 1.50. The first-order valence-corrected chi connectivity index (χ1v) is 5.49. The van der Waals surface area contributed by atoms with Crippen molar-refractivity contribution in [1.29, 1.82) is 0 Å². The minimum Gasteiger partial charge on any atom is -0.356 e. The van der Waals surface area contributed by atoms with Crippen LogP contribution in [0.15, 0.2) is 37.0 Å². The molecule has 1 amide bonds. The van der Waals surface area contributed by atoms with Crippen molar-refractivity contribution in [2.45, 2.75) is 26.7 Å². The van der Waals surface area contributed by atoms with Crippen molar-refractivity contribution in [3.05, 3.63) is 37.0 Å². The first-order chi connectivity index (χ1) is 7.27. The number of carbonyl (C=O) groups excluding carboxylic acids is 1. The lowest BCUT2D eigenvalue weighted by molar-refractivity contribution is -0.122. The van der Waals surface area contributed by atoms with Gasteiger partial charge >= 0.3 is 0 Å². The van der Waals surface area contributed by atoms with Gasteiger partial charge in [-0.3, -0.25) is 4.79 Å². The summed E-state index contributed by atoms with van der Waals surface area (Å²) in [5.41, 5.74) is 1.08. The number of hydrogen-bond donors (Lipinski definition) is 1. The highest BCUT2D eigenvalue weighted by molar-refractivity contribution is 5.80. The number of nitrogens with one attached hydrogen (secondary N) is 1. The molecule has 0 radical (unpaired) electrons. The Hall–Kier alpha value is -1.31. The smallest absolute Gasteiger partial charge is 0.223 e. The van der Waals surface area contributed by atoms with Crippen LogP contribution in [0, 0.1) is 5.92 Å². The monoisotopic (exact) mass is 207 g/mol. The molecule has 1 aliphatic rings. The molecule has 1 heterocycles. The molecule has 15 heavy (non-hydrogen) atoms. The molecule has 1 saturated heterocycles. The number of rotatable bonds is 4. The van der Waals surface area contributed by atoms with E-state index in [-0.39, 0.29) is 11.8 Å². The molecule has 0 aromatic rings. The number of carbonyl (C=O) groups is 1. The van der Waals surface area contributed by atoms with Gasteiger partial charge in [-0.25, -0.2) is 0 Å². The van der Waals surface area contributed by atoms with E-state index < -0.39 is 0 Å². The SMILES string of the molecule is C=C/C=C(\C=C)CC1CCNC1=O.CC. The van der Waals surface area contributed by atoms with Crippen LogP contribution in [0.2, 0.25) is 0 Å². The van der Waals surface area contributed by atoms with Crippen molar-refractivity contribution in [2.75, 3.05) is 6.54 Å². The molecule has 1 unspecified atom stereocenters. The van der Waals surface area contributed by atoms with Gasteiger partial charge in [0.25, 0.3) is 0 Å². The van der Waals surface area contributed by atoms with Gasteiger partial charge in [0.05, 0.1) is 0 Å². The Kier molecular flexibility index (Phi) is 7.33. The third-order valence-electron chi connectivity index (χ3n) is 2.24. The van der Waals surface area contributed by atoms with Crippen molar-refractivity contribution in [2.24, 2.45) is 5.92 Å². The third kappa shape index (κ3) is 4.63. The normalized spacial score (nSPS) is 20.0. The van der Waals surface area contributed by atoms with E-state index in [1.807, 2.05) is 19.9 Å². The van der Waals surface area contributed by atoms with E-state index in [1.54, 1.807) is 12.2 Å². The van der Waals surface area contributed by atoms with Gasteiger partial charge in [0.1, 0.15) is 0 Å². The summed E-state index contributed by atoms with van der Waals surface area (Å²) in [5.74, 6) is 0.293. The van der Waals surface area contributed by atoms with E-state index in [9.17, 15) is 4.79 Å². The van der Waals surface area contributed by atoms with E-state index in [4.69, 9.17) is 0 Å². The topological polar surface area (TPSA) is 29.1 Å². The quantitative estimate of drug-likeness (QED) is 0.706. The summed E-state index contributed by atoms with van der Waals surface area (Å²) < 4.78 is 0. The van der Waals surface area contributed by atoms with Gasteiger partial charge < -0.3 is 5.32 Å². The van der Waals surface area contributed by atoms with Crippen LogP contribution in [0.4, 0.5) is 0 Å². The molecule has 1 N–H and O–H groups in total. The van der Waals surface area contributed by atoms with Crippen molar-refractivity contribution in [3.63, 3.8) is 0 Å². The minimum atomic E-state index is 0.129. The third-order valence-corrected chi connectivity index (χ3v) is 2.24. The van der Waals surface area contributed by atoms with Gasteiger partial charge in [0.2, 0.25) is 5.91 Å². The largest absolute Gasteiger partial charge is 0.356 e. The Morgan fingerprint density at radius 1 is 1.53 bits per heavy atom. The first kappa shape index (κ1) is 13.7. The van der Waals surface area contributed by atoms with Crippen molar-refractivity contribution in [3.8, 4) is 0 Å². The molecule has 0 saturated carbocycles. The predicted octanol–water partition coefficient (Wildman–Crippen LogP) is 2.84. The highest BCUT2D eigenvalue weighted by atomic mass is 16.2. The van der Waals surface area contributed by atoms with Gasteiger partial charge in [-0.15, -0.1) is 0 Å². The Balaban J connectivity index is 0.000000921. The molecule has 0 spiro atoms. The van der Waals surface area contributed by atoms with E-state index in [0.717, 1.165) is 25.0 Å². The fraction of sp³-hybridized carbons (Fsp3) is 0.462. The maximum atomic E-state index is 11.2. The van der Waals surface area contributed by atoms with E-state index in [1.165, 1.54) is 0 Å². The maximum Gasteiger partial charge on any atom is 0.223 e. The first-order valence-electron chi connectivity index (χ1n) is 5.49. The summed E-state index contributed by atoms with van der Waals surface area (Å²) in [6.07, 6.45) is 7.12. The Morgan fingerprint density at radius 2 is 2.20 bits per heavy atom. The standard InChI is InChI=1S/C11H15NO.C2H6/c1-3-5-9(4-2)8-10-6-7-12-11(10)13;1-2/h3-5,10H,1-2,6-8H2,(H,12,13);1-2H3/b9-5+;. The van der Waals surface area contributed by atoms with E-state index in [2.05, 4.69) is 18.5 Å². The maximum absolute atomic E-state index is 11.2. The molecule has 1 aliphatic heterocycles. The molecule has 84 valence electrons. The minimum absolute atomic E-state index is 0.129. The molecule has 0 aliphatic carbocycles. The predicted molar refractivity (Wildman–Crippen MR) is 65.6 cm³/mol. The van der Waals surface area contributed by atoms with Gasteiger partial charge in [-0.2, -0.15) is 0 Å². The molecule has 1 rings (SSSR count). The fourth-order valence-electron chi connectivity index (χ4n) is 1.50. The molecule has 0 aromatic heterocycles. The zero-order chi connectivity index (χ0) is 11.7. The average Bonchev–Trinajstić information content (AvgIpc) is 2.67. The second-order valence-corrected chi connectivity index (χ2v) is 3.16. The van der Waals surface area contributed by atoms with Crippen LogP contribution >= 0.6 is 0 Å². The lowest BCUT2D eigenvalue weighted by Gasteiger charge is -2.06. The summed E-state index contributed by atoms with van der Waals surface area (Å²) in [6, 6.07) is 0. The Morgan fingerprint density at radius 3 is 2.60 bits per heavy atom. The summed E-state index contributed by atoms with van der Waals surface area (Å²) in [7, 11) is 0. The highest BCUT2D eigenvalue weighted by Crippen LogP contribution is 2.19. The van der Waals surface area contributed by atoms with Crippen LogP contribution in [0.5, 0.6) is 0 Å². The van der Waals surface area contributed by atoms with Crippen LogP contribution < -0.4 is 5.32 Å². The number of hydrogen-bond acceptors (Lipinski definition) is 1. The lowest BCUT2D eigenvalue weighted by Crippen LogP contribution is -2.19. The van der Waals surface area contributed by atoms with Crippen LogP contribution in [-0.2, 0) is 4.79 Å². The molecule has 0 bridgehead atoms. The second-order valence-electron chi connectivity index (χ2n) is 3.16.